The van der Waals surface area contributed by atoms with Crippen molar-refractivity contribution >= 4 is 29.9 Å². The monoisotopic (exact) mass is 372 g/mol. The Morgan fingerprint density at radius 2 is 1.92 bits per heavy atom. The van der Waals surface area contributed by atoms with E-state index in [2.05, 4.69) is 5.32 Å². The number of likely N-dealkylation sites (N-methyl/N-ethyl adjacent to an activating group) is 1. The normalized spacial score (nSPS) is 11.7. The van der Waals surface area contributed by atoms with Gasteiger partial charge in [-0.05, 0) is 57.4 Å². The van der Waals surface area contributed by atoms with Gasteiger partial charge in [-0.1, -0.05) is 11.6 Å². The maximum Gasteiger partial charge on any atom is 0.258 e. The highest BCUT2D eigenvalue weighted by molar-refractivity contribution is 6.30. The maximum atomic E-state index is 11.9. The maximum absolute atomic E-state index is 11.9. The number of furan rings is 1. The van der Waals surface area contributed by atoms with Gasteiger partial charge in [-0.3, -0.25) is 9.69 Å². The molecule has 5 nitrogen and oxygen atoms in total. The van der Waals surface area contributed by atoms with Gasteiger partial charge in [-0.2, -0.15) is 0 Å². The van der Waals surface area contributed by atoms with E-state index >= 15 is 0 Å². The van der Waals surface area contributed by atoms with Gasteiger partial charge in [0, 0.05) is 11.6 Å². The van der Waals surface area contributed by atoms with Crippen molar-refractivity contribution in [3.63, 3.8) is 0 Å². The average molecular weight is 373 g/mol. The second kappa shape index (κ2) is 9.57. The lowest BCUT2D eigenvalue weighted by Gasteiger charge is -2.22. The molecule has 2 aromatic rings. The number of amides is 1. The van der Waals surface area contributed by atoms with Gasteiger partial charge in [-0.25, -0.2) is 0 Å². The van der Waals surface area contributed by atoms with E-state index in [0.29, 0.717) is 17.3 Å². The zero-order valence-corrected chi connectivity index (χ0v) is 15.5. The molecule has 7 heteroatoms. The molecule has 0 saturated carbocycles. The van der Waals surface area contributed by atoms with Crippen LogP contribution in [0, 0.1) is 6.92 Å². The fourth-order valence-corrected chi connectivity index (χ4v) is 2.24. The fraction of sp³-hybridized carbons (Fsp3) is 0.353. The molecular weight excluding hydrogens is 351 g/mol. The Bertz CT molecular complexity index is 642. The van der Waals surface area contributed by atoms with Gasteiger partial charge in [-0.15, -0.1) is 12.4 Å². The zero-order valence-electron chi connectivity index (χ0n) is 13.9. The van der Waals surface area contributed by atoms with E-state index in [1.807, 2.05) is 38.1 Å². The number of hydrogen-bond donors (Lipinski definition) is 1. The predicted octanol–water partition coefficient (Wildman–Crippen LogP) is 3.46. The number of nitrogens with one attached hydrogen (secondary N) is 1. The molecule has 1 aromatic carbocycles. The zero-order chi connectivity index (χ0) is 16.8. The van der Waals surface area contributed by atoms with Crippen LogP contribution in [0.4, 0.5) is 0 Å². The summed E-state index contributed by atoms with van der Waals surface area (Å²) in [6.45, 7) is 2.30. The van der Waals surface area contributed by atoms with Crippen LogP contribution in [-0.4, -0.2) is 38.1 Å². The molecule has 1 unspecified atom stereocenters. The van der Waals surface area contributed by atoms with E-state index in [9.17, 15) is 4.79 Å². The molecule has 1 N–H and O–H groups in total. The van der Waals surface area contributed by atoms with Gasteiger partial charge < -0.3 is 14.5 Å². The van der Waals surface area contributed by atoms with Crippen molar-refractivity contribution in [2.24, 2.45) is 0 Å². The standard InChI is InChI=1S/C17H21ClN2O3.ClH/c1-12-4-9-16(23-12)15(20(2)3)10-19-17(21)11-22-14-7-5-13(18)6-8-14;/h4-9,15H,10-11H2,1-3H3,(H,19,21);1H. The molecule has 1 amide bonds. The minimum atomic E-state index is -0.185. The van der Waals surface area contributed by atoms with Crippen molar-refractivity contribution < 1.29 is 13.9 Å². The Morgan fingerprint density at radius 3 is 2.46 bits per heavy atom. The number of nitrogens with zero attached hydrogens (tertiary/aromatic N) is 1. The third kappa shape index (κ3) is 6.07. The highest BCUT2D eigenvalue weighted by Crippen LogP contribution is 2.20. The van der Waals surface area contributed by atoms with Crippen LogP contribution in [0.1, 0.15) is 17.6 Å². The molecule has 0 bridgehead atoms. The molecule has 1 aromatic heterocycles. The van der Waals surface area contributed by atoms with Crippen molar-refractivity contribution in [3.05, 3.63) is 52.9 Å². The topological polar surface area (TPSA) is 54.7 Å². The first-order valence-corrected chi connectivity index (χ1v) is 7.71. The van der Waals surface area contributed by atoms with Gasteiger partial charge in [0.1, 0.15) is 17.3 Å². The Hall–Kier alpha value is -1.69. The molecular formula is C17H22Cl2N2O3. The summed E-state index contributed by atoms with van der Waals surface area (Å²) in [7, 11) is 3.89. The molecule has 24 heavy (non-hydrogen) atoms. The van der Waals surface area contributed by atoms with E-state index in [-0.39, 0.29) is 31.0 Å². The Morgan fingerprint density at radius 1 is 1.25 bits per heavy atom. The van der Waals surface area contributed by atoms with Crippen molar-refractivity contribution in [2.75, 3.05) is 27.2 Å². The SMILES string of the molecule is Cc1ccc(C(CNC(=O)COc2ccc(Cl)cc2)N(C)C)o1.Cl. The molecule has 0 fully saturated rings. The van der Waals surface area contributed by atoms with Gasteiger partial charge >= 0.3 is 0 Å². The third-order valence-electron chi connectivity index (χ3n) is 3.39. The molecule has 0 spiro atoms. The lowest BCUT2D eigenvalue weighted by Crippen LogP contribution is -2.36. The van der Waals surface area contributed by atoms with Crippen LogP contribution in [0.5, 0.6) is 5.75 Å². The quantitative estimate of drug-likeness (QED) is 0.808. The first-order valence-electron chi connectivity index (χ1n) is 7.33. The lowest BCUT2D eigenvalue weighted by molar-refractivity contribution is -0.123. The Kier molecular flexibility index (Phi) is 8.11. The van der Waals surface area contributed by atoms with Crippen LogP contribution < -0.4 is 10.1 Å². The van der Waals surface area contributed by atoms with Gasteiger partial charge in [0.2, 0.25) is 0 Å². The van der Waals surface area contributed by atoms with Crippen LogP contribution in [0.25, 0.3) is 0 Å². The molecule has 0 aliphatic carbocycles. The van der Waals surface area contributed by atoms with Crippen LogP contribution in [0.15, 0.2) is 40.8 Å². The summed E-state index contributed by atoms with van der Waals surface area (Å²) in [5.41, 5.74) is 0. The fourth-order valence-electron chi connectivity index (χ4n) is 2.11. The first kappa shape index (κ1) is 20.4. The summed E-state index contributed by atoms with van der Waals surface area (Å²) < 4.78 is 11.1. The molecule has 2 rings (SSSR count). The molecule has 132 valence electrons. The Balaban J connectivity index is 0.00000288. The summed E-state index contributed by atoms with van der Waals surface area (Å²) in [6.07, 6.45) is 0. The number of carbonyl (C=O) groups is 1. The third-order valence-corrected chi connectivity index (χ3v) is 3.64. The van der Waals surface area contributed by atoms with Crippen LogP contribution in [-0.2, 0) is 4.79 Å². The first-order chi connectivity index (χ1) is 11.0. The molecule has 1 heterocycles. The summed E-state index contributed by atoms with van der Waals surface area (Å²) in [6, 6.07) is 10.7. The van der Waals surface area contributed by atoms with E-state index in [4.69, 9.17) is 20.8 Å². The molecule has 0 radical (unpaired) electrons. The van der Waals surface area contributed by atoms with Gasteiger partial charge in [0.15, 0.2) is 6.61 Å². The molecule has 0 aliphatic rings. The van der Waals surface area contributed by atoms with Crippen LogP contribution in [0.3, 0.4) is 0 Å². The van der Waals surface area contributed by atoms with Crippen molar-refractivity contribution in [2.45, 2.75) is 13.0 Å². The lowest BCUT2D eigenvalue weighted by atomic mass is 10.2. The number of carbonyl (C=O) groups excluding carboxylic acids is 1. The average Bonchev–Trinajstić information content (AvgIpc) is 2.93. The number of hydrogen-bond acceptors (Lipinski definition) is 4. The Labute approximate surface area is 153 Å². The van der Waals surface area contributed by atoms with E-state index in [1.165, 1.54) is 0 Å². The van der Waals surface area contributed by atoms with E-state index in [1.54, 1.807) is 24.3 Å². The van der Waals surface area contributed by atoms with E-state index in [0.717, 1.165) is 11.5 Å². The number of halogens is 2. The van der Waals surface area contributed by atoms with Gasteiger partial charge in [0.25, 0.3) is 5.91 Å². The smallest absolute Gasteiger partial charge is 0.258 e. The minimum Gasteiger partial charge on any atom is -0.484 e. The van der Waals surface area contributed by atoms with Crippen LogP contribution in [0.2, 0.25) is 5.02 Å². The van der Waals surface area contributed by atoms with Crippen molar-refractivity contribution in [1.82, 2.24) is 10.2 Å². The number of aryl methyl sites for hydroxylation is 1. The second-order valence-electron chi connectivity index (χ2n) is 5.47. The highest BCUT2D eigenvalue weighted by atomic mass is 35.5. The number of benzene rings is 1. The molecule has 1 atom stereocenters. The highest BCUT2D eigenvalue weighted by Gasteiger charge is 2.18. The summed E-state index contributed by atoms with van der Waals surface area (Å²) in [4.78, 5) is 13.9. The largest absolute Gasteiger partial charge is 0.484 e. The summed E-state index contributed by atoms with van der Waals surface area (Å²) in [5, 5.41) is 3.49. The predicted molar refractivity (Wildman–Crippen MR) is 97.1 cm³/mol. The van der Waals surface area contributed by atoms with Crippen LogP contribution >= 0.6 is 24.0 Å². The summed E-state index contributed by atoms with van der Waals surface area (Å²) >= 11 is 5.80. The van der Waals surface area contributed by atoms with E-state index < -0.39 is 0 Å². The molecule has 0 aliphatic heterocycles. The van der Waals surface area contributed by atoms with Gasteiger partial charge in [0.05, 0.1) is 6.04 Å². The molecule has 0 saturated heterocycles. The van der Waals surface area contributed by atoms with Crippen molar-refractivity contribution in [1.29, 1.82) is 0 Å². The summed E-state index contributed by atoms with van der Waals surface area (Å²) in [5.74, 6) is 2.10. The second-order valence-corrected chi connectivity index (χ2v) is 5.91. The minimum absolute atomic E-state index is 0. The number of rotatable bonds is 7. The number of ether oxygens (including phenoxy) is 1. The van der Waals surface area contributed by atoms with Crippen molar-refractivity contribution in [3.8, 4) is 5.75 Å².